The molecule has 1 saturated heterocycles. The van der Waals surface area contributed by atoms with E-state index < -0.39 is 0 Å². The highest BCUT2D eigenvalue weighted by Gasteiger charge is 2.28. The van der Waals surface area contributed by atoms with Crippen molar-refractivity contribution in [3.05, 3.63) is 54.4 Å². The summed E-state index contributed by atoms with van der Waals surface area (Å²) in [5.41, 5.74) is 4.25. The smallest absolute Gasteiger partial charge is 0.0991 e. The van der Waals surface area contributed by atoms with Crippen LogP contribution in [-0.4, -0.2) is 42.3 Å². The molecule has 2 aromatic rings. The number of nitrogens with zero attached hydrogens (tertiary/aromatic N) is 4. The molecule has 1 aliphatic rings. The number of hydrogen-bond acceptors (Lipinski definition) is 5. The lowest BCUT2D eigenvalue weighted by Gasteiger charge is -2.42. The normalized spacial score (nSPS) is 20.1. The van der Waals surface area contributed by atoms with Crippen molar-refractivity contribution >= 4 is 22.3 Å². The van der Waals surface area contributed by atoms with Crippen molar-refractivity contribution in [1.82, 2.24) is 9.99 Å². The zero-order valence-corrected chi connectivity index (χ0v) is 16.6. The first-order valence-corrected chi connectivity index (χ1v) is 9.26. The van der Waals surface area contributed by atoms with Crippen LogP contribution >= 0.6 is 11.6 Å². The van der Waals surface area contributed by atoms with Gasteiger partial charge in [-0.25, -0.2) is 5.01 Å². The minimum Gasteiger partial charge on any atom is -0.373 e. The molecular weight excluding hydrogens is 360 g/mol. The Morgan fingerprint density at radius 1 is 1.26 bits per heavy atom. The molecule has 1 aliphatic heterocycles. The molecule has 0 amide bonds. The Hall–Kier alpha value is -2.39. The van der Waals surface area contributed by atoms with Gasteiger partial charge >= 0.3 is 0 Å². The Balaban J connectivity index is 2.08. The Kier molecular flexibility index (Phi) is 5.81. The van der Waals surface area contributed by atoms with E-state index >= 15 is 0 Å². The first kappa shape index (κ1) is 19.4. The van der Waals surface area contributed by atoms with Crippen LogP contribution in [0.3, 0.4) is 0 Å². The van der Waals surface area contributed by atoms with Gasteiger partial charge in [-0.1, -0.05) is 30.3 Å². The summed E-state index contributed by atoms with van der Waals surface area (Å²) in [6.07, 6.45) is 3.84. The number of ether oxygens (including phenoxy) is 1. The zero-order chi connectivity index (χ0) is 19.6. The van der Waals surface area contributed by atoms with Crippen LogP contribution in [0.2, 0.25) is 0 Å². The molecule has 0 aliphatic carbocycles. The molecule has 0 radical (unpaired) electrons. The summed E-state index contributed by atoms with van der Waals surface area (Å²) in [6.45, 7) is 9.63. The highest BCUT2D eigenvalue weighted by atomic mass is 35.5. The van der Waals surface area contributed by atoms with E-state index in [1.165, 1.54) is 0 Å². The number of morpholine rings is 1. The van der Waals surface area contributed by atoms with Gasteiger partial charge in [0.15, 0.2) is 0 Å². The SMILES string of the molecule is C=C(Cl)c1cncc(-c2ccc(C#N)cc2)c1N(C)N1C[C@@H](C)O[C@@H](C)C1. The van der Waals surface area contributed by atoms with Crippen molar-refractivity contribution in [3.63, 3.8) is 0 Å². The number of aromatic nitrogens is 1. The molecular formula is C21H23ClN4O. The molecule has 1 fully saturated rings. The monoisotopic (exact) mass is 382 g/mol. The van der Waals surface area contributed by atoms with E-state index in [1.54, 1.807) is 18.3 Å². The van der Waals surface area contributed by atoms with Crippen molar-refractivity contribution in [2.45, 2.75) is 26.1 Å². The van der Waals surface area contributed by atoms with Gasteiger partial charge < -0.3 is 9.75 Å². The van der Waals surface area contributed by atoms with Crippen LogP contribution in [0.4, 0.5) is 5.69 Å². The van der Waals surface area contributed by atoms with Crippen molar-refractivity contribution in [2.75, 3.05) is 25.1 Å². The molecule has 1 aromatic carbocycles. The number of nitriles is 1. The van der Waals surface area contributed by atoms with Gasteiger partial charge in [0, 0.05) is 48.7 Å². The maximum absolute atomic E-state index is 9.06. The van der Waals surface area contributed by atoms with Gasteiger partial charge in [-0.15, -0.1) is 0 Å². The summed E-state index contributed by atoms with van der Waals surface area (Å²) in [4.78, 5) is 4.36. The lowest BCUT2D eigenvalue weighted by molar-refractivity contribution is -0.0699. The molecule has 3 rings (SSSR count). The molecule has 140 valence electrons. The number of hydrazine groups is 1. The molecule has 2 heterocycles. The van der Waals surface area contributed by atoms with E-state index in [0.29, 0.717) is 10.6 Å². The van der Waals surface area contributed by atoms with Crippen molar-refractivity contribution in [3.8, 4) is 17.2 Å². The van der Waals surface area contributed by atoms with Gasteiger partial charge in [-0.3, -0.25) is 4.98 Å². The highest BCUT2D eigenvalue weighted by molar-refractivity contribution is 6.49. The summed E-state index contributed by atoms with van der Waals surface area (Å²) in [6, 6.07) is 9.62. The second-order valence-electron chi connectivity index (χ2n) is 6.83. The number of halogens is 1. The predicted octanol–water partition coefficient (Wildman–Crippen LogP) is 4.29. The lowest BCUT2D eigenvalue weighted by Crippen LogP contribution is -2.53. The Morgan fingerprint density at radius 2 is 1.89 bits per heavy atom. The highest BCUT2D eigenvalue weighted by Crippen LogP contribution is 2.38. The van der Waals surface area contributed by atoms with Gasteiger partial charge in [-0.05, 0) is 31.5 Å². The van der Waals surface area contributed by atoms with Gasteiger partial charge in [0.1, 0.15) is 0 Å². The zero-order valence-electron chi connectivity index (χ0n) is 15.8. The fourth-order valence-corrected chi connectivity index (χ4v) is 3.61. The molecule has 6 heteroatoms. The Labute approximate surface area is 165 Å². The summed E-state index contributed by atoms with van der Waals surface area (Å²) >= 11 is 6.31. The number of anilines is 1. The summed E-state index contributed by atoms with van der Waals surface area (Å²) < 4.78 is 5.87. The predicted molar refractivity (Wildman–Crippen MR) is 109 cm³/mol. The van der Waals surface area contributed by atoms with Crippen molar-refractivity contribution in [2.24, 2.45) is 0 Å². The molecule has 0 spiro atoms. The molecule has 0 bridgehead atoms. The standard InChI is InChI=1S/C21H23ClN4O/c1-14-12-26(13-15(2)27-14)25(4)21-19(16(3)22)10-24-11-20(21)18-7-5-17(9-23)6-8-18/h5-8,10-11,14-15H,3,12-13H2,1-2,4H3/t14-,15+. The number of benzene rings is 1. The number of pyridine rings is 1. The third-order valence-corrected chi connectivity index (χ3v) is 4.89. The van der Waals surface area contributed by atoms with Crippen molar-refractivity contribution in [1.29, 1.82) is 5.26 Å². The number of rotatable bonds is 4. The Morgan fingerprint density at radius 3 is 2.44 bits per heavy atom. The summed E-state index contributed by atoms with van der Waals surface area (Å²) in [5, 5.41) is 13.9. The topological polar surface area (TPSA) is 52.4 Å². The van der Waals surface area contributed by atoms with Crippen LogP contribution in [0.5, 0.6) is 0 Å². The van der Waals surface area contributed by atoms with Crippen LogP contribution in [-0.2, 0) is 4.74 Å². The maximum Gasteiger partial charge on any atom is 0.0991 e. The second kappa shape index (κ2) is 8.10. The lowest BCUT2D eigenvalue weighted by atomic mass is 10.0. The molecule has 27 heavy (non-hydrogen) atoms. The van der Waals surface area contributed by atoms with E-state index in [4.69, 9.17) is 21.6 Å². The average Bonchev–Trinajstić information content (AvgIpc) is 2.66. The van der Waals surface area contributed by atoms with E-state index in [-0.39, 0.29) is 12.2 Å². The van der Waals surface area contributed by atoms with E-state index in [1.807, 2.05) is 25.4 Å². The molecule has 0 saturated carbocycles. The van der Waals surface area contributed by atoms with E-state index in [0.717, 1.165) is 35.5 Å². The van der Waals surface area contributed by atoms with Crippen molar-refractivity contribution < 1.29 is 4.74 Å². The average molecular weight is 383 g/mol. The third-order valence-electron chi connectivity index (χ3n) is 4.68. The third kappa shape index (κ3) is 4.14. The van der Waals surface area contributed by atoms with Crippen LogP contribution in [0.1, 0.15) is 25.0 Å². The maximum atomic E-state index is 9.06. The van der Waals surface area contributed by atoms with Crippen LogP contribution in [0.25, 0.3) is 16.2 Å². The molecule has 2 atom stereocenters. The van der Waals surface area contributed by atoms with Gasteiger partial charge in [0.25, 0.3) is 0 Å². The van der Waals surface area contributed by atoms with Crippen LogP contribution < -0.4 is 5.01 Å². The molecule has 5 nitrogen and oxygen atoms in total. The Bertz CT molecular complexity index is 865. The first-order chi connectivity index (χ1) is 12.9. The van der Waals surface area contributed by atoms with E-state index in [2.05, 4.69) is 41.5 Å². The van der Waals surface area contributed by atoms with Gasteiger partial charge in [-0.2, -0.15) is 5.26 Å². The number of hydrogen-bond donors (Lipinski definition) is 0. The summed E-state index contributed by atoms with van der Waals surface area (Å²) in [5.74, 6) is 0. The minimum absolute atomic E-state index is 0.138. The van der Waals surface area contributed by atoms with E-state index in [9.17, 15) is 0 Å². The largest absolute Gasteiger partial charge is 0.373 e. The van der Waals surface area contributed by atoms with Crippen LogP contribution in [0.15, 0.2) is 43.2 Å². The van der Waals surface area contributed by atoms with Gasteiger partial charge in [0.05, 0.1) is 29.5 Å². The minimum atomic E-state index is 0.138. The molecule has 0 N–H and O–H groups in total. The van der Waals surface area contributed by atoms with Gasteiger partial charge in [0.2, 0.25) is 0 Å². The van der Waals surface area contributed by atoms with Crippen LogP contribution in [0, 0.1) is 11.3 Å². The second-order valence-corrected chi connectivity index (χ2v) is 7.29. The molecule has 1 aromatic heterocycles. The fraction of sp³-hybridized carbons (Fsp3) is 0.333. The quantitative estimate of drug-likeness (QED) is 0.789. The molecule has 0 unspecified atom stereocenters. The fourth-order valence-electron chi connectivity index (χ4n) is 3.47. The summed E-state index contributed by atoms with van der Waals surface area (Å²) in [7, 11) is 2.02. The first-order valence-electron chi connectivity index (χ1n) is 8.88.